The molecule has 1 aromatic heterocycles. The van der Waals surface area contributed by atoms with Crippen LogP contribution >= 0.6 is 0 Å². The lowest BCUT2D eigenvalue weighted by molar-refractivity contribution is 0.578. The van der Waals surface area contributed by atoms with Crippen LogP contribution in [0.25, 0.3) is 0 Å². The summed E-state index contributed by atoms with van der Waals surface area (Å²) in [5.74, 6) is 0.568. The molecule has 4 N–H and O–H groups in total. The second kappa shape index (κ2) is 5.41. The lowest BCUT2D eigenvalue weighted by atomic mass is 10.1. The number of aromatic nitrogens is 2. The van der Waals surface area contributed by atoms with E-state index in [9.17, 15) is 8.42 Å². The lowest BCUT2D eigenvalue weighted by Crippen LogP contribution is -2.26. The number of sulfonamides is 1. The zero-order valence-electron chi connectivity index (χ0n) is 10.6. The fourth-order valence-corrected chi connectivity index (χ4v) is 2.63. The van der Waals surface area contributed by atoms with Gasteiger partial charge in [0.15, 0.2) is 5.03 Å². The predicted octanol–water partition coefficient (Wildman–Crippen LogP) is 0.821. The Kier molecular flexibility index (Phi) is 3.87. The van der Waals surface area contributed by atoms with Gasteiger partial charge in [0.2, 0.25) is 0 Å². The van der Waals surface area contributed by atoms with Crippen LogP contribution in [0.4, 0.5) is 5.69 Å². The summed E-state index contributed by atoms with van der Waals surface area (Å²) in [4.78, 5) is 6.56. The molecule has 0 fully saturated rings. The van der Waals surface area contributed by atoms with Crippen molar-refractivity contribution in [2.24, 2.45) is 0 Å². The van der Waals surface area contributed by atoms with Crippen molar-refractivity contribution in [3.63, 3.8) is 0 Å². The molecule has 0 aliphatic carbocycles. The minimum absolute atomic E-state index is 0.0855. The van der Waals surface area contributed by atoms with Gasteiger partial charge in [0.1, 0.15) is 5.82 Å². The Morgan fingerprint density at radius 1 is 1.32 bits per heavy atom. The van der Waals surface area contributed by atoms with Gasteiger partial charge >= 0.3 is 0 Å². The Bertz CT molecular complexity index is 647. The van der Waals surface area contributed by atoms with Gasteiger partial charge in [-0.15, -0.1) is 0 Å². The van der Waals surface area contributed by atoms with Crippen molar-refractivity contribution < 1.29 is 8.42 Å². The molecule has 0 unspecified atom stereocenters. The number of nitrogens with one attached hydrogen (secondary N) is 2. The van der Waals surface area contributed by atoms with Gasteiger partial charge < -0.3 is 10.7 Å². The third kappa shape index (κ3) is 3.55. The third-order valence-corrected chi connectivity index (χ3v) is 4.03. The molecule has 0 bridgehead atoms. The van der Waals surface area contributed by atoms with E-state index in [4.69, 9.17) is 5.73 Å². The summed E-state index contributed by atoms with van der Waals surface area (Å²) >= 11 is 0. The van der Waals surface area contributed by atoms with Crippen LogP contribution in [0, 0.1) is 6.92 Å². The van der Waals surface area contributed by atoms with E-state index in [0.29, 0.717) is 24.5 Å². The molecule has 19 heavy (non-hydrogen) atoms. The summed E-state index contributed by atoms with van der Waals surface area (Å²) in [7, 11) is -3.51. The zero-order chi connectivity index (χ0) is 13.9. The van der Waals surface area contributed by atoms with Gasteiger partial charge in [-0.3, -0.25) is 0 Å². The molecule has 6 nitrogen and oxygen atoms in total. The lowest BCUT2D eigenvalue weighted by Gasteiger charge is -2.05. The highest BCUT2D eigenvalue weighted by Crippen LogP contribution is 2.07. The average Bonchev–Trinajstić information content (AvgIpc) is 2.79. The number of aromatic amines is 1. The Hall–Kier alpha value is -1.86. The smallest absolute Gasteiger partial charge is 0.257 e. The summed E-state index contributed by atoms with van der Waals surface area (Å²) in [6.07, 6.45) is 1.91. The van der Waals surface area contributed by atoms with Crippen molar-refractivity contribution in [2.75, 3.05) is 12.3 Å². The second-order valence-corrected chi connectivity index (χ2v) is 5.96. The van der Waals surface area contributed by atoms with Crippen LogP contribution < -0.4 is 10.5 Å². The minimum Gasteiger partial charge on any atom is -0.399 e. The van der Waals surface area contributed by atoms with Crippen LogP contribution in [0.3, 0.4) is 0 Å². The van der Waals surface area contributed by atoms with Gasteiger partial charge in [-0.25, -0.2) is 18.1 Å². The largest absolute Gasteiger partial charge is 0.399 e. The maximum Gasteiger partial charge on any atom is 0.257 e. The first-order chi connectivity index (χ1) is 8.97. The number of benzene rings is 1. The van der Waals surface area contributed by atoms with Crippen molar-refractivity contribution in [2.45, 2.75) is 18.4 Å². The maximum atomic E-state index is 11.9. The number of anilines is 1. The van der Waals surface area contributed by atoms with E-state index in [1.54, 1.807) is 19.1 Å². The minimum atomic E-state index is -3.51. The monoisotopic (exact) mass is 280 g/mol. The average molecular weight is 280 g/mol. The summed E-state index contributed by atoms with van der Waals surface area (Å²) < 4.78 is 26.3. The van der Waals surface area contributed by atoms with Gasteiger partial charge in [0, 0.05) is 12.2 Å². The van der Waals surface area contributed by atoms with E-state index in [1.807, 2.05) is 12.1 Å². The van der Waals surface area contributed by atoms with Gasteiger partial charge in [-0.05, 0) is 31.0 Å². The van der Waals surface area contributed by atoms with Crippen molar-refractivity contribution in [1.29, 1.82) is 0 Å². The summed E-state index contributed by atoms with van der Waals surface area (Å²) in [6, 6.07) is 7.35. The van der Waals surface area contributed by atoms with Gasteiger partial charge in [-0.2, -0.15) is 0 Å². The highest BCUT2D eigenvalue weighted by molar-refractivity contribution is 7.89. The molecule has 7 heteroatoms. The summed E-state index contributed by atoms with van der Waals surface area (Å²) in [6.45, 7) is 2.03. The molecule has 2 rings (SSSR count). The molecule has 0 saturated heterocycles. The molecule has 0 spiro atoms. The van der Waals surface area contributed by atoms with Crippen LogP contribution in [0.1, 0.15) is 11.4 Å². The van der Waals surface area contributed by atoms with Crippen LogP contribution in [-0.2, 0) is 16.4 Å². The first-order valence-corrected chi connectivity index (χ1v) is 7.31. The molecule has 0 radical (unpaired) electrons. The number of nitrogens with zero attached hydrogens (tertiary/aromatic N) is 1. The Balaban J connectivity index is 1.93. The number of hydrogen-bond donors (Lipinski definition) is 3. The number of aryl methyl sites for hydroxylation is 1. The van der Waals surface area contributed by atoms with E-state index in [0.717, 1.165) is 5.56 Å². The van der Waals surface area contributed by atoms with Crippen molar-refractivity contribution in [3.05, 3.63) is 41.9 Å². The Morgan fingerprint density at radius 2 is 2.00 bits per heavy atom. The van der Waals surface area contributed by atoms with Gasteiger partial charge in [0.05, 0.1) is 6.20 Å². The number of hydrogen-bond acceptors (Lipinski definition) is 4. The molecule has 0 saturated carbocycles. The number of H-pyrrole nitrogens is 1. The molecule has 2 aromatic rings. The zero-order valence-corrected chi connectivity index (χ0v) is 11.4. The van der Waals surface area contributed by atoms with Crippen molar-refractivity contribution >= 4 is 15.7 Å². The topological polar surface area (TPSA) is 101 Å². The van der Waals surface area contributed by atoms with Crippen molar-refractivity contribution in [3.8, 4) is 0 Å². The molecule has 0 amide bonds. The molecule has 0 aliphatic heterocycles. The summed E-state index contributed by atoms with van der Waals surface area (Å²) in [5.41, 5.74) is 7.30. The first-order valence-electron chi connectivity index (χ1n) is 5.83. The van der Waals surface area contributed by atoms with Crippen LogP contribution in [0.2, 0.25) is 0 Å². The molecule has 1 aromatic carbocycles. The normalized spacial score (nSPS) is 11.6. The molecular weight excluding hydrogens is 264 g/mol. The van der Waals surface area contributed by atoms with Gasteiger partial charge in [0.25, 0.3) is 10.0 Å². The van der Waals surface area contributed by atoms with E-state index in [1.165, 1.54) is 6.20 Å². The van der Waals surface area contributed by atoms with Gasteiger partial charge in [-0.1, -0.05) is 12.1 Å². The summed E-state index contributed by atoms with van der Waals surface area (Å²) in [5, 5.41) is 0.0855. The number of rotatable bonds is 5. The Morgan fingerprint density at radius 3 is 2.58 bits per heavy atom. The fraction of sp³-hybridized carbons (Fsp3) is 0.250. The van der Waals surface area contributed by atoms with Crippen LogP contribution in [0.5, 0.6) is 0 Å². The van der Waals surface area contributed by atoms with E-state index in [2.05, 4.69) is 14.7 Å². The number of imidazole rings is 1. The quantitative estimate of drug-likeness (QED) is 0.706. The fourth-order valence-electron chi connectivity index (χ4n) is 1.63. The third-order valence-electron chi connectivity index (χ3n) is 2.65. The highest BCUT2D eigenvalue weighted by atomic mass is 32.2. The van der Waals surface area contributed by atoms with E-state index >= 15 is 0 Å². The molecule has 102 valence electrons. The number of nitrogens with two attached hydrogens (primary N) is 1. The Labute approximate surface area is 112 Å². The highest BCUT2D eigenvalue weighted by Gasteiger charge is 2.15. The second-order valence-electron chi connectivity index (χ2n) is 4.22. The molecule has 0 atom stereocenters. The maximum absolute atomic E-state index is 11.9. The van der Waals surface area contributed by atoms with Crippen molar-refractivity contribution in [1.82, 2.24) is 14.7 Å². The van der Waals surface area contributed by atoms with Crippen LogP contribution in [-0.4, -0.2) is 24.9 Å². The van der Waals surface area contributed by atoms with E-state index < -0.39 is 10.0 Å². The standard InChI is InChI=1S/C12H16N4O2S/c1-9-14-8-12(16-9)19(17,18)15-7-6-10-2-4-11(13)5-3-10/h2-5,8,15H,6-7,13H2,1H3,(H,14,16). The number of nitrogen functional groups attached to an aromatic ring is 1. The molecule has 0 aliphatic rings. The van der Waals surface area contributed by atoms with Crippen LogP contribution in [0.15, 0.2) is 35.5 Å². The molecule has 1 heterocycles. The van der Waals surface area contributed by atoms with E-state index in [-0.39, 0.29) is 5.03 Å². The first kappa shape index (κ1) is 13.6. The predicted molar refractivity (Wildman–Crippen MR) is 73.1 cm³/mol. The molecular formula is C12H16N4O2S. The SMILES string of the molecule is Cc1ncc(S(=O)(=O)NCCc2ccc(N)cc2)[nH]1.